The Labute approximate surface area is 145 Å². The van der Waals surface area contributed by atoms with Crippen LogP contribution in [0.3, 0.4) is 0 Å². The molecule has 2 amide bonds. The molecule has 0 aromatic heterocycles. The average Bonchev–Trinajstić information content (AvgIpc) is 2.69. The molecule has 3 rings (SSSR count). The van der Waals surface area contributed by atoms with Crippen LogP contribution in [0.15, 0.2) is 30.3 Å². The Hall–Kier alpha value is -1.08. The molecule has 1 atom stereocenters. The van der Waals surface area contributed by atoms with E-state index in [1.54, 1.807) is 5.06 Å². The molecule has 0 aliphatic carbocycles. The molecule has 2 aliphatic heterocycles. The number of carbonyl (C=O) groups is 2. The Bertz CT molecular complexity index is 458. The number of carbonyl (C=O) groups excluding carboxylic acids is 2. The van der Waals surface area contributed by atoms with E-state index in [2.05, 4.69) is 0 Å². The van der Waals surface area contributed by atoms with Crippen molar-refractivity contribution in [2.75, 3.05) is 13.1 Å². The Morgan fingerprint density at radius 3 is 2.62 bits per heavy atom. The minimum Gasteiger partial charge on any atom is -0.554 e. The zero-order valence-corrected chi connectivity index (χ0v) is 14.1. The van der Waals surface area contributed by atoms with Gasteiger partial charge in [0.1, 0.15) is 6.61 Å². The summed E-state index contributed by atoms with van der Waals surface area (Å²) < 4.78 is 0. The predicted molar refractivity (Wildman–Crippen MR) is 69.1 cm³/mol. The van der Waals surface area contributed by atoms with Crippen LogP contribution in [0, 0.1) is 0 Å². The molecule has 0 N–H and O–H groups in total. The van der Waals surface area contributed by atoms with E-state index in [1.165, 1.54) is 0 Å². The second kappa shape index (κ2) is 9.04. The molecule has 0 spiro atoms. The number of urea groups is 1. The Morgan fingerprint density at radius 2 is 2.00 bits per heavy atom. The van der Waals surface area contributed by atoms with Crippen molar-refractivity contribution in [1.82, 2.24) is 9.96 Å². The van der Waals surface area contributed by atoms with Gasteiger partial charge in [0.2, 0.25) is 0 Å². The zero-order chi connectivity index (χ0) is 14.4. The van der Waals surface area contributed by atoms with Crippen LogP contribution in [-0.2, 0) is 16.2 Å². The molecule has 0 saturated carbocycles. The van der Waals surface area contributed by atoms with Crippen LogP contribution < -0.4 is 34.7 Å². The van der Waals surface area contributed by atoms with Crippen LogP contribution in [0.4, 0.5) is 4.79 Å². The number of hydroxylamine groups is 2. The van der Waals surface area contributed by atoms with Crippen molar-refractivity contribution in [2.45, 2.75) is 25.5 Å². The number of amides is 2. The molecule has 21 heavy (non-hydrogen) atoms. The van der Waals surface area contributed by atoms with Gasteiger partial charge in [0.25, 0.3) is 0 Å². The van der Waals surface area contributed by atoms with Crippen LogP contribution >= 0.6 is 0 Å². The van der Waals surface area contributed by atoms with Gasteiger partial charge in [0, 0.05) is 19.6 Å². The molecule has 2 aliphatic rings. The third-order valence-electron chi connectivity index (χ3n) is 3.40. The van der Waals surface area contributed by atoms with E-state index in [0.29, 0.717) is 6.61 Å². The minimum absolute atomic E-state index is 0. The Morgan fingerprint density at radius 1 is 1.33 bits per heavy atom. The maximum Gasteiger partial charge on any atom is 1.00 e. The van der Waals surface area contributed by atoms with E-state index < -0.39 is 6.47 Å². The van der Waals surface area contributed by atoms with Crippen molar-refractivity contribution in [3.05, 3.63) is 35.9 Å². The number of piperidine rings is 1. The summed E-state index contributed by atoms with van der Waals surface area (Å²) in [4.78, 5) is 27.7. The van der Waals surface area contributed by atoms with Crippen molar-refractivity contribution in [1.29, 1.82) is 0 Å². The molecule has 2 saturated heterocycles. The molecular formula is C14H17N2NaO4. The molecule has 0 radical (unpaired) electrons. The van der Waals surface area contributed by atoms with E-state index in [4.69, 9.17) is 14.7 Å². The third-order valence-corrected chi connectivity index (χ3v) is 3.40. The summed E-state index contributed by atoms with van der Waals surface area (Å²) in [5.41, 5.74) is 1.09. The predicted octanol–water partition coefficient (Wildman–Crippen LogP) is -2.61. The zero-order valence-electron chi connectivity index (χ0n) is 12.1. The second-order valence-electron chi connectivity index (χ2n) is 4.71. The van der Waals surface area contributed by atoms with E-state index in [-0.39, 0.29) is 41.6 Å². The van der Waals surface area contributed by atoms with Crippen LogP contribution in [0.2, 0.25) is 0 Å². The first-order chi connectivity index (χ1) is 9.76. The fraction of sp³-hybridized carbons (Fsp3) is 0.429. The first-order valence-electron chi connectivity index (χ1n) is 6.57. The van der Waals surface area contributed by atoms with E-state index in [9.17, 15) is 4.79 Å². The van der Waals surface area contributed by atoms with Gasteiger partial charge in [-0.05, 0) is 18.4 Å². The van der Waals surface area contributed by atoms with E-state index >= 15 is 0 Å². The van der Waals surface area contributed by atoms with E-state index in [1.807, 2.05) is 35.2 Å². The summed E-state index contributed by atoms with van der Waals surface area (Å²) in [6.45, 7) is 1.67. The fourth-order valence-corrected chi connectivity index (χ4v) is 2.49. The van der Waals surface area contributed by atoms with Gasteiger partial charge in [0.15, 0.2) is 0 Å². The topological polar surface area (TPSA) is 72.9 Å². The summed E-state index contributed by atoms with van der Waals surface area (Å²) in [6, 6.07) is 10.2. The van der Waals surface area contributed by atoms with Crippen molar-refractivity contribution >= 4 is 12.5 Å². The van der Waals surface area contributed by atoms with Gasteiger partial charge in [-0.2, -0.15) is 5.06 Å². The number of rotatable bonds is 3. The van der Waals surface area contributed by atoms with Crippen LogP contribution in [-0.4, -0.2) is 41.6 Å². The standard InChI is InChI=1S/C13H16N2O2.CH2O2.Na/c16-13-14-8-4-7-12(9-14)15(13)17-10-11-5-2-1-3-6-11;2-1-3;/h1-3,5-6,12H,4,7-10H2;1H,(H,2,3);/q;;+1/p-1. The van der Waals surface area contributed by atoms with Gasteiger partial charge in [-0.15, -0.1) is 0 Å². The monoisotopic (exact) mass is 300 g/mol. The van der Waals surface area contributed by atoms with Crippen LogP contribution in [0.25, 0.3) is 0 Å². The SMILES string of the molecule is O=C1N2CCCC(C2)N1OCc1ccccc1.O=C[O-].[Na+]. The van der Waals surface area contributed by atoms with Gasteiger partial charge in [-0.1, -0.05) is 30.3 Å². The maximum absolute atomic E-state index is 11.9. The number of nitrogens with zero attached hydrogens (tertiary/aromatic N) is 2. The molecular weight excluding hydrogens is 283 g/mol. The van der Waals surface area contributed by atoms with Gasteiger partial charge in [0.05, 0.1) is 6.04 Å². The van der Waals surface area contributed by atoms with Crippen LogP contribution in [0.1, 0.15) is 18.4 Å². The molecule has 2 fully saturated rings. The van der Waals surface area contributed by atoms with Crippen molar-refractivity contribution in [3.8, 4) is 0 Å². The van der Waals surface area contributed by atoms with Gasteiger partial charge < -0.3 is 14.8 Å². The quantitative estimate of drug-likeness (QED) is 0.453. The second-order valence-corrected chi connectivity index (χ2v) is 4.71. The fourth-order valence-electron chi connectivity index (χ4n) is 2.49. The first-order valence-corrected chi connectivity index (χ1v) is 6.57. The molecule has 2 bridgehead atoms. The number of fused-ring (bicyclic) bond motifs is 2. The Kier molecular flexibility index (Phi) is 7.74. The normalized spacial score (nSPS) is 19.4. The van der Waals surface area contributed by atoms with Crippen molar-refractivity contribution in [3.63, 3.8) is 0 Å². The number of carboxylic acid groups (broad SMARTS) is 1. The van der Waals surface area contributed by atoms with Gasteiger partial charge in [-0.3, -0.25) is 4.84 Å². The molecule has 1 aromatic carbocycles. The third kappa shape index (κ3) is 4.71. The molecule has 6 nitrogen and oxygen atoms in total. The molecule has 7 heteroatoms. The molecule has 108 valence electrons. The molecule has 1 unspecified atom stereocenters. The van der Waals surface area contributed by atoms with Crippen molar-refractivity contribution in [2.24, 2.45) is 0 Å². The smallest absolute Gasteiger partial charge is 0.554 e. The Balaban J connectivity index is 0.000000510. The maximum atomic E-state index is 11.9. The molecule has 2 heterocycles. The summed E-state index contributed by atoms with van der Waals surface area (Å²) in [7, 11) is 0. The summed E-state index contributed by atoms with van der Waals surface area (Å²) in [6.07, 6.45) is 2.14. The van der Waals surface area contributed by atoms with Crippen LogP contribution in [0.5, 0.6) is 0 Å². The summed E-state index contributed by atoms with van der Waals surface area (Å²) >= 11 is 0. The summed E-state index contributed by atoms with van der Waals surface area (Å²) in [5.74, 6) is 0. The summed E-state index contributed by atoms with van der Waals surface area (Å²) in [5, 5.41) is 9.82. The van der Waals surface area contributed by atoms with Gasteiger partial charge >= 0.3 is 35.6 Å². The first kappa shape index (κ1) is 18.0. The largest absolute Gasteiger partial charge is 1.00 e. The number of hydrogen-bond donors (Lipinski definition) is 0. The number of benzene rings is 1. The van der Waals surface area contributed by atoms with E-state index in [0.717, 1.165) is 31.5 Å². The minimum atomic E-state index is -0.500. The number of hydrogen-bond acceptors (Lipinski definition) is 4. The van der Waals surface area contributed by atoms with Crippen molar-refractivity contribution < 1.29 is 49.1 Å². The average molecular weight is 300 g/mol. The van der Waals surface area contributed by atoms with Gasteiger partial charge in [-0.25, -0.2) is 4.79 Å². The molecule has 1 aromatic rings.